The third-order valence-electron chi connectivity index (χ3n) is 3.14. The molecule has 2 rings (SSSR count). The van der Waals surface area contributed by atoms with Crippen molar-refractivity contribution in [1.29, 1.82) is 0 Å². The minimum absolute atomic E-state index is 0.0844. The molecule has 1 aromatic carbocycles. The molecule has 136 valence electrons. The lowest BCUT2D eigenvalue weighted by Gasteiger charge is -2.19. The Hall–Kier alpha value is -2.59. The Kier molecular flexibility index (Phi) is 4.78. The van der Waals surface area contributed by atoms with Crippen molar-refractivity contribution in [2.24, 2.45) is 0 Å². The van der Waals surface area contributed by atoms with Crippen LogP contribution in [-0.2, 0) is 6.18 Å². The molecule has 0 saturated heterocycles. The zero-order valence-corrected chi connectivity index (χ0v) is 12.3. The fraction of sp³-hybridized carbons (Fsp3) is 0.286. The number of hydrogen-bond donors (Lipinski definition) is 0. The number of nitrogens with zero attached hydrogens (tertiary/aromatic N) is 2. The topological polar surface area (TPSA) is 44.1 Å². The van der Waals surface area contributed by atoms with Gasteiger partial charge in [0.25, 0.3) is 0 Å². The number of carbonyl (C=O) groups excluding carboxylic acids is 1. The maximum Gasteiger partial charge on any atom is 0.461 e. The predicted octanol–water partition coefficient (Wildman–Crippen LogP) is 4.25. The minimum Gasteiger partial charge on any atom is -0.426 e. The Labute approximate surface area is 135 Å². The van der Waals surface area contributed by atoms with Crippen LogP contribution in [0.5, 0.6) is 5.75 Å². The van der Waals surface area contributed by atoms with E-state index in [0.29, 0.717) is 4.68 Å². The fourth-order valence-electron chi connectivity index (χ4n) is 2.01. The summed E-state index contributed by atoms with van der Waals surface area (Å²) < 4.78 is 94.2. The van der Waals surface area contributed by atoms with Crippen molar-refractivity contribution in [3.05, 3.63) is 41.2 Å². The normalized spacial score (nSPS) is 12.5. The van der Waals surface area contributed by atoms with E-state index in [2.05, 4.69) is 9.84 Å². The molecule has 0 saturated carbocycles. The van der Waals surface area contributed by atoms with E-state index in [1.54, 1.807) is 0 Å². The molecule has 0 fully saturated rings. The molecule has 1 aromatic heterocycles. The number of rotatable bonds is 5. The van der Waals surface area contributed by atoms with Crippen LogP contribution in [0.2, 0.25) is 0 Å². The van der Waals surface area contributed by atoms with Crippen LogP contribution in [0.3, 0.4) is 0 Å². The molecule has 25 heavy (non-hydrogen) atoms. The molecule has 2 aromatic rings. The monoisotopic (exact) mass is 370 g/mol. The van der Waals surface area contributed by atoms with Crippen molar-refractivity contribution in [1.82, 2.24) is 9.78 Å². The summed E-state index contributed by atoms with van der Waals surface area (Å²) in [5.74, 6) is -0.829. The molecule has 0 aliphatic carbocycles. The van der Waals surface area contributed by atoms with Crippen LogP contribution in [0.25, 0.3) is 5.69 Å². The molecule has 1 heterocycles. The Bertz CT molecular complexity index is 784. The van der Waals surface area contributed by atoms with Gasteiger partial charge in [-0.3, -0.25) is 4.79 Å². The van der Waals surface area contributed by atoms with Gasteiger partial charge >= 0.3 is 18.7 Å². The van der Waals surface area contributed by atoms with E-state index in [0.717, 1.165) is 25.1 Å². The van der Waals surface area contributed by atoms with Gasteiger partial charge in [0.2, 0.25) is 0 Å². The second-order valence-electron chi connectivity index (χ2n) is 4.81. The van der Waals surface area contributed by atoms with E-state index >= 15 is 0 Å². The Morgan fingerprint density at radius 1 is 1.16 bits per heavy atom. The van der Waals surface area contributed by atoms with Gasteiger partial charge in [-0.05, 0) is 19.1 Å². The molecule has 4 nitrogen and oxygen atoms in total. The molecule has 0 bridgehead atoms. The Morgan fingerprint density at radius 2 is 1.76 bits per heavy atom. The Balaban J connectivity index is 2.61. The van der Waals surface area contributed by atoms with Gasteiger partial charge in [-0.15, -0.1) is 0 Å². The van der Waals surface area contributed by atoms with E-state index in [4.69, 9.17) is 0 Å². The van der Waals surface area contributed by atoms with Crippen molar-refractivity contribution in [3.8, 4) is 11.4 Å². The summed E-state index contributed by atoms with van der Waals surface area (Å²) >= 11 is 0. The smallest absolute Gasteiger partial charge is 0.426 e. The highest BCUT2D eigenvalue weighted by atomic mass is 19.4. The molecule has 0 N–H and O–H groups in total. The molecule has 0 atom stereocenters. The number of aldehydes is 1. The number of aromatic nitrogens is 2. The number of hydrogen-bond acceptors (Lipinski definition) is 3. The van der Waals surface area contributed by atoms with Gasteiger partial charge in [0, 0.05) is 0 Å². The largest absolute Gasteiger partial charge is 0.461 e. The van der Waals surface area contributed by atoms with Gasteiger partial charge < -0.3 is 4.74 Å². The van der Waals surface area contributed by atoms with Crippen LogP contribution in [-0.4, -0.2) is 28.6 Å². The SMILES string of the molecule is Cc1c(C=O)c(C(F)(F)F)nn1-c1ccccc1OC(F)(F)C(F)F. The van der Waals surface area contributed by atoms with Gasteiger partial charge in [-0.25, -0.2) is 4.68 Å². The predicted molar refractivity (Wildman–Crippen MR) is 70.3 cm³/mol. The summed E-state index contributed by atoms with van der Waals surface area (Å²) in [6.45, 7) is 1.09. The van der Waals surface area contributed by atoms with Gasteiger partial charge in [0.15, 0.2) is 17.7 Å². The second-order valence-corrected chi connectivity index (χ2v) is 4.81. The van der Waals surface area contributed by atoms with Gasteiger partial charge in [-0.1, -0.05) is 12.1 Å². The molecule has 11 heteroatoms. The fourth-order valence-corrected chi connectivity index (χ4v) is 2.01. The average Bonchev–Trinajstić information content (AvgIpc) is 2.84. The summed E-state index contributed by atoms with van der Waals surface area (Å²) in [5.41, 5.74) is -3.11. The van der Waals surface area contributed by atoms with E-state index in [1.807, 2.05) is 0 Å². The molecule has 0 amide bonds. The maximum atomic E-state index is 13.1. The molecular formula is C14H9F7N2O2. The summed E-state index contributed by atoms with van der Waals surface area (Å²) in [6.07, 6.45) is -14.1. The van der Waals surface area contributed by atoms with Crippen LogP contribution >= 0.6 is 0 Å². The van der Waals surface area contributed by atoms with Crippen molar-refractivity contribution < 1.29 is 40.3 Å². The molecule has 0 unspecified atom stereocenters. The van der Waals surface area contributed by atoms with E-state index in [9.17, 15) is 35.5 Å². The van der Waals surface area contributed by atoms with Crippen LogP contribution < -0.4 is 4.74 Å². The first-order valence-corrected chi connectivity index (χ1v) is 6.55. The van der Waals surface area contributed by atoms with Crippen molar-refractivity contribution in [2.45, 2.75) is 25.6 Å². The summed E-state index contributed by atoms with van der Waals surface area (Å²) in [4.78, 5) is 10.9. The molecular weight excluding hydrogens is 361 g/mol. The standard InChI is InChI=1S/C14H9F7N2O2/c1-7-8(6-24)11(13(17,18)19)22-23(7)9-4-2-3-5-10(9)25-14(20,21)12(15)16/h2-6,12H,1H3. The van der Waals surface area contributed by atoms with Gasteiger partial charge in [-0.2, -0.15) is 35.8 Å². The highest BCUT2D eigenvalue weighted by Crippen LogP contribution is 2.36. The number of alkyl halides is 7. The zero-order chi connectivity index (χ0) is 19.0. The molecule has 0 spiro atoms. The first-order valence-electron chi connectivity index (χ1n) is 6.55. The summed E-state index contributed by atoms with van der Waals surface area (Å²) in [7, 11) is 0. The third-order valence-corrected chi connectivity index (χ3v) is 3.14. The number of halogens is 7. The Morgan fingerprint density at radius 3 is 2.24 bits per heavy atom. The second kappa shape index (κ2) is 6.37. The zero-order valence-electron chi connectivity index (χ0n) is 12.3. The van der Waals surface area contributed by atoms with E-state index in [1.165, 1.54) is 6.07 Å². The van der Waals surface area contributed by atoms with Gasteiger partial charge in [0.1, 0.15) is 5.69 Å². The lowest BCUT2D eigenvalue weighted by atomic mass is 10.2. The maximum absolute atomic E-state index is 13.1. The van der Waals surface area contributed by atoms with E-state index < -0.39 is 41.4 Å². The number of ether oxygens (including phenoxy) is 1. The lowest BCUT2D eigenvalue weighted by molar-refractivity contribution is -0.253. The quantitative estimate of drug-likeness (QED) is 0.584. The highest BCUT2D eigenvalue weighted by molar-refractivity contribution is 5.79. The van der Waals surface area contributed by atoms with Crippen LogP contribution in [0.4, 0.5) is 30.7 Å². The molecule has 0 radical (unpaired) electrons. The third kappa shape index (κ3) is 3.59. The first kappa shape index (κ1) is 18.7. The van der Waals surface area contributed by atoms with Crippen molar-refractivity contribution in [3.63, 3.8) is 0 Å². The average molecular weight is 370 g/mol. The van der Waals surface area contributed by atoms with Crippen molar-refractivity contribution >= 4 is 6.29 Å². The van der Waals surface area contributed by atoms with E-state index in [-0.39, 0.29) is 12.0 Å². The lowest BCUT2D eigenvalue weighted by Crippen LogP contribution is -2.33. The minimum atomic E-state index is -4.98. The first-order chi connectivity index (χ1) is 11.5. The molecule has 0 aliphatic heterocycles. The molecule has 0 aliphatic rings. The number of benzene rings is 1. The number of para-hydroxylation sites is 2. The van der Waals surface area contributed by atoms with Gasteiger partial charge in [0.05, 0.1) is 11.3 Å². The summed E-state index contributed by atoms with van der Waals surface area (Å²) in [6, 6.07) is 4.30. The van der Waals surface area contributed by atoms with Crippen LogP contribution in [0, 0.1) is 6.92 Å². The van der Waals surface area contributed by atoms with Crippen LogP contribution in [0.15, 0.2) is 24.3 Å². The van der Waals surface area contributed by atoms with Crippen molar-refractivity contribution in [2.75, 3.05) is 0 Å². The highest BCUT2D eigenvalue weighted by Gasteiger charge is 2.45. The number of carbonyl (C=O) groups is 1. The summed E-state index contributed by atoms with van der Waals surface area (Å²) in [5, 5.41) is 3.21. The van der Waals surface area contributed by atoms with Crippen LogP contribution in [0.1, 0.15) is 21.7 Å².